The van der Waals surface area contributed by atoms with E-state index in [4.69, 9.17) is 0 Å². The van der Waals surface area contributed by atoms with Gasteiger partial charge in [0.05, 0.1) is 0 Å². The number of nitrogens with zero attached hydrogens (tertiary/aromatic N) is 1. The zero-order valence-electron chi connectivity index (χ0n) is 10.0. The molecular formula is C14H19NO. The highest BCUT2D eigenvalue weighted by Crippen LogP contribution is 2.21. The summed E-state index contributed by atoms with van der Waals surface area (Å²) >= 11 is 0. The molecule has 86 valence electrons. The molecule has 1 aromatic carbocycles. The van der Waals surface area contributed by atoms with Crippen molar-refractivity contribution in [1.29, 1.82) is 0 Å². The van der Waals surface area contributed by atoms with Gasteiger partial charge in [0.2, 0.25) is 0 Å². The molecule has 1 saturated heterocycles. The monoisotopic (exact) mass is 217 g/mol. The fourth-order valence-electron chi connectivity index (χ4n) is 2.31. The Morgan fingerprint density at radius 1 is 1.25 bits per heavy atom. The Hall–Kier alpha value is -1.15. The number of benzene rings is 1. The van der Waals surface area contributed by atoms with Crippen molar-refractivity contribution in [1.82, 2.24) is 4.90 Å². The first kappa shape index (κ1) is 11.3. The molecule has 0 unspecified atom stereocenters. The number of ketones is 1. The molecule has 0 radical (unpaired) electrons. The minimum absolute atomic E-state index is 0.178. The quantitative estimate of drug-likeness (QED) is 0.758. The Morgan fingerprint density at radius 3 is 2.62 bits per heavy atom. The van der Waals surface area contributed by atoms with Crippen LogP contribution >= 0.6 is 0 Å². The molecule has 1 aliphatic heterocycles. The van der Waals surface area contributed by atoms with Crippen molar-refractivity contribution in [2.24, 2.45) is 5.92 Å². The second kappa shape index (κ2) is 4.79. The standard InChI is InChI=1S/C14H19NO/c1-11-12(2)15(9-8-14(11)16)10-13-6-4-3-5-7-13/h3-7,11-12H,8-10H2,1-2H3/t11-,12-/m1/s1. The largest absolute Gasteiger partial charge is 0.299 e. The highest BCUT2D eigenvalue weighted by atomic mass is 16.1. The molecule has 0 aliphatic carbocycles. The van der Waals surface area contributed by atoms with Crippen LogP contribution in [0.1, 0.15) is 25.8 Å². The van der Waals surface area contributed by atoms with Gasteiger partial charge in [0.25, 0.3) is 0 Å². The number of rotatable bonds is 2. The van der Waals surface area contributed by atoms with E-state index in [1.54, 1.807) is 0 Å². The lowest BCUT2D eigenvalue weighted by atomic mass is 9.90. The van der Waals surface area contributed by atoms with Gasteiger partial charge in [-0.2, -0.15) is 0 Å². The van der Waals surface area contributed by atoms with Crippen molar-refractivity contribution in [2.75, 3.05) is 6.54 Å². The predicted molar refractivity (Wildman–Crippen MR) is 65.1 cm³/mol. The average Bonchev–Trinajstić information content (AvgIpc) is 2.31. The molecule has 0 aromatic heterocycles. The lowest BCUT2D eigenvalue weighted by molar-refractivity contribution is -0.128. The van der Waals surface area contributed by atoms with E-state index in [0.717, 1.165) is 13.1 Å². The maximum absolute atomic E-state index is 11.6. The average molecular weight is 217 g/mol. The zero-order chi connectivity index (χ0) is 11.5. The van der Waals surface area contributed by atoms with E-state index < -0.39 is 0 Å². The summed E-state index contributed by atoms with van der Waals surface area (Å²) in [5, 5.41) is 0. The molecule has 1 heterocycles. The molecule has 2 nitrogen and oxygen atoms in total. The topological polar surface area (TPSA) is 20.3 Å². The molecule has 16 heavy (non-hydrogen) atoms. The van der Waals surface area contributed by atoms with E-state index in [9.17, 15) is 4.79 Å². The number of Topliss-reactive ketones (excluding diaryl/α,β-unsaturated/α-hetero) is 1. The summed E-state index contributed by atoms with van der Waals surface area (Å²) in [6.07, 6.45) is 0.707. The van der Waals surface area contributed by atoms with Crippen LogP contribution in [0.25, 0.3) is 0 Å². The van der Waals surface area contributed by atoms with Gasteiger partial charge in [-0.3, -0.25) is 9.69 Å². The van der Waals surface area contributed by atoms with Crippen LogP contribution in [0.15, 0.2) is 30.3 Å². The smallest absolute Gasteiger partial charge is 0.138 e. The molecule has 2 rings (SSSR count). The fourth-order valence-corrected chi connectivity index (χ4v) is 2.31. The first-order valence-corrected chi connectivity index (χ1v) is 5.99. The second-order valence-electron chi connectivity index (χ2n) is 4.70. The minimum atomic E-state index is 0.178. The van der Waals surface area contributed by atoms with Gasteiger partial charge >= 0.3 is 0 Å². The molecule has 1 aliphatic rings. The van der Waals surface area contributed by atoms with Crippen LogP contribution in [-0.4, -0.2) is 23.3 Å². The molecule has 0 bridgehead atoms. The lowest BCUT2D eigenvalue weighted by Crippen LogP contribution is -2.46. The molecular weight excluding hydrogens is 198 g/mol. The van der Waals surface area contributed by atoms with Crippen molar-refractivity contribution in [3.05, 3.63) is 35.9 Å². The van der Waals surface area contributed by atoms with Crippen LogP contribution in [0.3, 0.4) is 0 Å². The Kier molecular flexibility index (Phi) is 3.39. The number of carbonyl (C=O) groups excluding carboxylic acids is 1. The highest BCUT2D eigenvalue weighted by molar-refractivity contribution is 5.82. The molecule has 2 atom stereocenters. The number of hydrogen-bond acceptors (Lipinski definition) is 2. The van der Waals surface area contributed by atoms with Crippen molar-refractivity contribution >= 4 is 5.78 Å². The van der Waals surface area contributed by atoms with Gasteiger partial charge in [-0.25, -0.2) is 0 Å². The normalized spacial score (nSPS) is 27.0. The Balaban J connectivity index is 2.03. The fraction of sp³-hybridized carbons (Fsp3) is 0.500. The van der Waals surface area contributed by atoms with Gasteiger partial charge in [0.1, 0.15) is 5.78 Å². The van der Waals surface area contributed by atoms with E-state index in [1.165, 1.54) is 5.56 Å². The van der Waals surface area contributed by atoms with Crippen molar-refractivity contribution in [3.63, 3.8) is 0 Å². The number of likely N-dealkylation sites (tertiary alicyclic amines) is 1. The third-order valence-corrected chi connectivity index (χ3v) is 3.68. The summed E-state index contributed by atoms with van der Waals surface area (Å²) in [7, 11) is 0. The summed E-state index contributed by atoms with van der Waals surface area (Å²) < 4.78 is 0. The molecule has 1 fully saturated rings. The van der Waals surface area contributed by atoms with Crippen molar-refractivity contribution in [2.45, 2.75) is 32.9 Å². The van der Waals surface area contributed by atoms with E-state index in [1.807, 2.05) is 13.0 Å². The van der Waals surface area contributed by atoms with Crippen LogP contribution in [-0.2, 0) is 11.3 Å². The van der Waals surface area contributed by atoms with Gasteiger partial charge in [-0.05, 0) is 12.5 Å². The van der Waals surface area contributed by atoms with E-state index >= 15 is 0 Å². The molecule has 0 amide bonds. The molecule has 0 spiro atoms. The first-order chi connectivity index (χ1) is 7.68. The summed E-state index contributed by atoms with van der Waals surface area (Å²) in [5.41, 5.74) is 1.33. The van der Waals surface area contributed by atoms with E-state index in [0.29, 0.717) is 18.2 Å². The predicted octanol–water partition coefficient (Wildman–Crippen LogP) is 2.49. The van der Waals surface area contributed by atoms with Crippen LogP contribution in [0.5, 0.6) is 0 Å². The summed E-state index contributed by atoms with van der Waals surface area (Å²) in [6, 6.07) is 10.8. The number of carbonyl (C=O) groups is 1. The van der Waals surface area contributed by atoms with Gasteiger partial charge in [-0.1, -0.05) is 37.3 Å². The number of piperidine rings is 1. The SMILES string of the molecule is C[C@@H]1[C@@H](C)C(=O)CCN1Cc1ccccc1. The van der Waals surface area contributed by atoms with E-state index in [-0.39, 0.29) is 5.92 Å². The van der Waals surface area contributed by atoms with Crippen molar-refractivity contribution in [3.8, 4) is 0 Å². The summed E-state index contributed by atoms with van der Waals surface area (Å²) in [6.45, 7) is 6.06. The summed E-state index contributed by atoms with van der Waals surface area (Å²) in [5.74, 6) is 0.592. The molecule has 0 N–H and O–H groups in total. The maximum atomic E-state index is 11.6. The second-order valence-corrected chi connectivity index (χ2v) is 4.70. The number of hydrogen-bond donors (Lipinski definition) is 0. The summed E-state index contributed by atoms with van der Waals surface area (Å²) in [4.78, 5) is 14.0. The van der Waals surface area contributed by atoms with E-state index in [2.05, 4.69) is 36.1 Å². The van der Waals surface area contributed by atoms with Gasteiger partial charge < -0.3 is 0 Å². The van der Waals surface area contributed by atoms with Crippen LogP contribution in [0.4, 0.5) is 0 Å². The molecule has 2 heteroatoms. The minimum Gasteiger partial charge on any atom is -0.299 e. The zero-order valence-corrected chi connectivity index (χ0v) is 10.0. The van der Waals surface area contributed by atoms with Crippen molar-refractivity contribution < 1.29 is 4.79 Å². The molecule has 1 aromatic rings. The van der Waals surface area contributed by atoms with Crippen LogP contribution in [0, 0.1) is 5.92 Å². The van der Waals surface area contributed by atoms with Gasteiger partial charge in [-0.15, -0.1) is 0 Å². The third kappa shape index (κ3) is 2.33. The first-order valence-electron chi connectivity index (χ1n) is 5.99. The third-order valence-electron chi connectivity index (χ3n) is 3.68. The Morgan fingerprint density at radius 2 is 1.94 bits per heavy atom. The van der Waals surface area contributed by atoms with Crippen LogP contribution < -0.4 is 0 Å². The van der Waals surface area contributed by atoms with Crippen LogP contribution in [0.2, 0.25) is 0 Å². The Labute approximate surface area is 97.3 Å². The lowest BCUT2D eigenvalue weighted by Gasteiger charge is -2.36. The highest BCUT2D eigenvalue weighted by Gasteiger charge is 2.30. The molecule has 0 saturated carbocycles. The maximum Gasteiger partial charge on any atom is 0.138 e. The van der Waals surface area contributed by atoms with Gasteiger partial charge in [0.15, 0.2) is 0 Å². The van der Waals surface area contributed by atoms with Gasteiger partial charge in [0, 0.05) is 31.5 Å². The Bertz CT molecular complexity index is 360.